The van der Waals surface area contributed by atoms with E-state index >= 15 is 0 Å². The number of halogens is 1. The fraction of sp³-hybridized carbons (Fsp3) is 0.438. The van der Waals surface area contributed by atoms with Crippen LogP contribution in [0.2, 0.25) is 0 Å². The van der Waals surface area contributed by atoms with Crippen LogP contribution in [0.5, 0.6) is 5.75 Å². The molecule has 5 rings (SSSR count). The number of aromatic nitrogens is 1. The Hall–Kier alpha value is -3.54. The van der Waals surface area contributed by atoms with Crippen molar-refractivity contribution in [1.29, 1.82) is 0 Å². The molecule has 2 aliphatic rings. The van der Waals surface area contributed by atoms with Gasteiger partial charge in [-0.2, -0.15) is 12.7 Å². The molecule has 3 aromatic rings. The molecule has 1 unspecified atom stereocenters. The third-order valence-electron chi connectivity index (χ3n) is 8.05. The summed E-state index contributed by atoms with van der Waals surface area (Å²) in [6.07, 6.45) is 2.95. The van der Waals surface area contributed by atoms with Crippen LogP contribution in [-0.2, 0) is 16.6 Å². The highest BCUT2D eigenvalue weighted by molar-refractivity contribution is 7.87. The molecule has 43 heavy (non-hydrogen) atoms. The van der Waals surface area contributed by atoms with Crippen molar-refractivity contribution in [2.24, 2.45) is 11.7 Å². The number of pyridine rings is 1. The van der Waals surface area contributed by atoms with E-state index in [1.54, 1.807) is 18.2 Å². The molecular weight excluding hydrogens is 569 g/mol. The zero-order valence-corrected chi connectivity index (χ0v) is 25.7. The number of nitrogens with zero attached hydrogens (tertiary/aromatic N) is 3. The van der Waals surface area contributed by atoms with Gasteiger partial charge in [0.05, 0.1) is 17.9 Å². The van der Waals surface area contributed by atoms with Crippen molar-refractivity contribution >= 4 is 21.9 Å². The minimum absolute atomic E-state index is 0.129. The second kappa shape index (κ2) is 12.6. The lowest BCUT2D eigenvalue weighted by atomic mass is 9.90. The van der Waals surface area contributed by atoms with Crippen LogP contribution < -0.4 is 20.1 Å². The Kier molecular flexibility index (Phi) is 9.05. The Bertz CT molecular complexity index is 1570. The van der Waals surface area contributed by atoms with Crippen molar-refractivity contribution in [2.45, 2.75) is 58.0 Å². The molecule has 2 aliphatic heterocycles. The van der Waals surface area contributed by atoms with Crippen LogP contribution in [0.25, 0.3) is 11.3 Å². The largest absolute Gasteiger partial charge is 0.493 e. The van der Waals surface area contributed by atoms with Crippen molar-refractivity contribution in [2.75, 3.05) is 31.1 Å². The highest BCUT2D eigenvalue weighted by Crippen LogP contribution is 2.39. The molecule has 0 bridgehead atoms. The van der Waals surface area contributed by atoms with Crippen LogP contribution in [0, 0.1) is 11.7 Å². The van der Waals surface area contributed by atoms with Gasteiger partial charge in [0.2, 0.25) is 0 Å². The summed E-state index contributed by atoms with van der Waals surface area (Å²) in [5.41, 5.74) is 7.74. The number of hydrogen-bond acceptors (Lipinski definition) is 7. The maximum absolute atomic E-state index is 14.7. The molecule has 0 saturated carbocycles. The number of rotatable bonds is 10. The van der Waals surface area contributed by atoms with E-state index in [0.29, 0.717) is 48.8 Å². The fourth-order valence-corrected chi connectivity index (χ4v) is 7.07. The van der Waals surface area contributed by atoms with Crippen LogP contribution in [-0.4, -0.2) is 61.4 Å². The number of carbonyl (C=O) groups is 1. The summed E-state index contributed by atoms with van der Waals surface area (Å²) in [5, 5.41) is 0. The second-order valence-corrected chi connectivity index (χ2v) is 13.9. The van der Waals surface area contributed by atoms with Gasteiger partial charge in [0.25, 0.3) is 5.91 Å². The van der Waals surface area contributed by atoms with Gasteiger partial charge in [-0.3, -0.25) is 4.79 Å². The Morgan fingerprint density at radius 1 is 1.16 bits per heavy atom. The first-order valence-corrected chi connectivity index (χ1v) is 16.2. The SMILES string of the molecule is CC(C)COc1cc(F)cc(-c2ccc(C(=O)NS(=O)(=O)N3CC[C@H](N)C3)c(N3CCCC3(C)Cc3ccccc3)n2)c1. The molecule has 2 fully saturated rings. The van der Waals surface area contributed by atoms with Gasteiger partial charge in [-0.1, -0.05) is 44.2 Å². The van der Waals surface area contributed by atoms with E-state index in [4.69, 9.17) is 15.5 Å². The van der Waals surface area contributed by atoms with Gasteiger partial charge < -0.3 is 15.4 Å². The maximum atomic E-state index is 14.7. The lowest BCUT2D eigenvalue weighted by molar-refractivity contribution is 0.0979. The third kappa shape index (κ3) is 7.17. The van der Waals surface area contributed by atoms with E-state index in [-0.39, 0.29) is 30.6 Å². The molecule has 0 spiro atoms. The first kappa shape index (κ1) is 30.9. The molecule has 0 radical (unpaired) electrons. The summed E-state index contributed by atoms with van der Waals surface area (Å²) in [5.74, 6) is -0.235. The predicted molar refractivity (Wildman–Crippen MR) is 166 cm³/mol. The Labute approximate surface area is 253 Å². The van der Waals surface area contributed by atoms with Gasteiger partial charge >= 0.3 is 10.2 Å². The number of amides is 1. The highest BCUT2D eigenvalue weighted by atomic mass is 32.2. The summed E-state index contributed by atoms with van der Waals surface area (Å²) < 4.78 is 50.1. The van der Waals surface area contributed by atoms with E-state index < -0.39 is 27.5 Å². The van der Waals surface area contributed by atoms with Crippen molar-refractivity contribution in [3.05, 3.63) is 77.6 Å². The standard InChI is InChI=1S/C32H40FN5O4S/c1-22(2)21-42-27-17-24(16-25(33)18-27)29-11-10-28(31(39)36-43(40,41)37-15-12-26(34)20-37)30(35-29)38-14-7-13-32(38,3)19-23-8-5-4-6-9-23/h4-6,8-11,16-18,22,26H,7,12-15,19-21,34H2,1-3H3,(H,36,39)/t26-,32?/m0/s1. The van der Waals surface area contributed by atoms with Crippen molar-refractivity contribution < 1.29 is 22.3 Å². The summed E-state index contributed by atoms with van der Waals surface area (Å²) in [7, 11) is -4.10. The number of benzene rings is 2. The van der Waals surface area contributed by atoms with Crippen molar-refractivity contribution in [1.82, 2.24) is 14.0 Å². The Morgan fingerprint density at radius 3 is 2.63 bits per heavy atom. The minimum atomic E-state index is -4.10. The molecule has 2 atom stereocenters. The van der Waals surface area contributed by atoms with E-state index in [2.05, 4.69) is 28.7 Å². The molecule has 3 heterocycles. The highest BCUT2D eigenvalue weighted by Gasteiger charge is 2.40. The zero-order chi connectivity index (χ0) is 30.8. The van der Waals surface area contributed by atoms with Gasteiger partial charge in [0.1, 0.15) is 17.4 Å². The minimum Gasteiger partial charge on any atom is -0.493 e. The maximum Gasteiger partial charge on any atom is 0.304 e. The van der Waals surface area contributed by atoms with Crippen LogP contribution in [0.3, 0.4) is 0 Å². The summed E-state index contributed by atoms with van der Waals surface area (Å²) >= 11 is 0. The fourth-order valence-electron chi connectivity index (χ4n) is 5.86. The number of anilines is 1. The monoisotopic (exact) mass is 609 g/mol. The summed E-state index contributed by atoms with van der Waals surface area (Å²) in [4.78, 5) is 20.7. The smallest absolute Gasteiger partial charge is 0.304 e. The molecule has 1 aromatic heterocycles. The molecule has 1 amide bonds. The van der Waals surface area contributed by atoms with Crippen molar-refractivity contribution in [3.8, 4) is 17.0 Å². The van der Waals surface area contributed by atoms with Crippen LogP contribution >= 0.6 is 0 Å². The molecule has 11 heteroatoms. The lowest BCUT2D eigenvalue weighted by Crippen LogP contribution is -2.46. The quantitative estimate of drug-likeness (QED) is 0.347. The van der Waals surface area contributed by atoms with Crippen molar-refractivity contribution in [3.63, 3.8) is 0 Å². The second-order valence-electron chi connectivity index (χ2n) is 12.2. The molecular formula is C32H40FN5O4S. The first-order chi connectivity index (χ1) is 20.4. The summed E-state index contributed by atoms with van der Waals surface area (Å²) in [6.45, 7) is 7.61. The average Bonchev–Trinajstić information content (AvgIpc) is 3.57. The van der Waals surface area contributed by atoms with E-state index in [1.807, 2.05) is 32.0 Å². The predicted octanol–water partition coefficient (Wildman–Crippen LogP) is 4.53. The number of ether oxygens (including phenoxy) is 1. The van der Waals surface area contributed by atoms with Gasteiger partial charge in [-0.05, 0) is 68.4 Å². The number of nitrogens with two attached hydrogens (primary N) is 1. The van der Waals surface area contributed by atoms with Gasteiger partial charge in [-0.25, -0.2) is 14.1 Å². The molecule has 2 saturated heterocycles. The number of hydrogen-bond donors (Lipinski definition) is 2. The van der Waals surface area contributed by atoms with Gasteiger partial charge in [0, 0.05) is 42.8 Å². The Morgan fingerprint density at radius 2 is 1.93 bits per heavy atom. The van der Waals surface area contributed by atoms with Crippen LogP contribution in [0.15, 0.2) is 60.7 Å². The number of nitrogens with one attached hydrogen (secondary N) is 1. The molecule has 0 aliphatic carbocycles. The zero-order valence-electron chi connectivity index (χ0n) is 24.9. The lowest BCUT2D eigenvalue weighted by Gasteiger charge is -2.37. The first-order valence-electron chi connectivity index (χ1n) is 14.8. The summed E-state index contributed by atoms with van der Waals surface area (Å²) in [6, 6.07) is 17.4. The van der Waals surface area contributed by atoms with Gasteiger partial charge in [-0.15, -0.1) is 0 Å². The molecule has 2 aromatic carbocycles. The van der Waals surface area contributed by atoms with E-state index in [9.17, 15) is 17.6 Å². The molecule has 9 nitrogen and oxygen atoms in total. The van der Waals surface area contributed by atoms with Gasteiger partial charge in [0.15, 0.2) is 0 Å². The normalized spacial score (nSPS) is 21.0. The molecule has 3 N–H and O–H groups in total. The van der Waals surface area contributed by atoms with E-state index in [1.165, 1.54) is 16.4 Å². The van der Waals surface area contributed by atoms with E-state index in [0.717, 1.165) is 18.4 Å². The average molecular weight is 610 g/mol. The topological polar surface area (TPSA) is 118 Å². The Balaban J connectivity index is 1.54. The third-order valence-corrected chi connectivity index (χ3v) is 9.51. The molecule has 230 valence electrons. The van der Waals surface area contributed by atoms with Crippen LogP contribution in [0.4, 0.5) is 10.2 Å². The van der Waals surface area contributed by atoms with Crippen LogP contribution in [0.1, 0.15) is 56.0 Å². The number of carbonyl (C=O) groups excluding carboxylic acids is 1.